The first-order valence-electron chi connectivity index (χ1n) is 8.96. The number of likely N-dealkylation sites (tertiary alicyclic amines) is 1. The van der Waals surface area contributed by atoms with Gasteiger partial charge in [-0.2, -0.15) is 0 Å². The molecular weight excluding hydrogens is 324 g/mol. The van der Waals surface area contributed by atoms with Gasteiger partial charge in [-0.15, -0.1) is 0 Å². The third kappa shape index (κ3) is 3.23. The summed E-state index contributed by atoms with van der Waals surface area (Å²) in [5.41, 5.74) is 1.16. The van der Waals surface area contributed by atoms with E-state index in [9.17, 15) is 9.59 Å². The maximum atomic E-state index is 13.0. The van der Waals surface area contributed by atoms with Crippen LogP contribution >= 0.6 is 0 Å². The van der Waals surface area contributed by atoms with Gasteiger partial charge in [0.1, 0.15) is 5.69 Å². The number of hydrogen-bond donors (Lipinski definition) is 0. The largest absolute Gasteiger partial charge is 0.337 e. The molecule has 3 aromatic rings. The molecule has 4 rings (SSSR count). The minimum atomic E-state index is -0.155. The number of aromatic nitrogens is 1. The van der Waals surface area contributed by atoms with Gasteiger partial charge in [-0.25, -0.2) is 0 Å². The molecule has 0 N–H and O–H groups in total. The summed E-state index contributed by atoms with van der Waals surface area (Å²) in [6, 6.07) is 19.2. The monoisotopic (exact) mass is 344 g/mol. The Balaban J connectivity index is 1.53. The summed E-state index contributed by atoms with van der Waals surface area (Å²) in [7, 11) is 0. The molecule has 26 heavy (non-hydrogen) atoms. The number of Topliss-reactive ketones (excluding diaryl/α,β-unsaturated/α-hetero) is 1. The minimum Gasteiger partial charge on any atom is -0.337 e. The van der Waals surface area contributed by atoms with E-state index in [0.717, 1.165) is 29.2 Å². The van der Waals surface area contributed by atoms with E-state index in [0.29, 0.717) is 18.8 Å². The Labute approximate surface area is 152 Å². The van der Waals surface area contributed by atoms with Crippen molar-refractivity contribution in [1.82, 2.24) is 9.88 Å². The van der Waals surface area contributed by atoms with Crippen LogP contribution in [-0.2, 0) is 0 Å². The minimum absolute atomic E-state index is 0.0957. The molecule has 4 nitrogen and oxygen atoms in total. The summed E-state index contributed by atoms with van der Waals surface area (Å²) in [6.45, 7) is 1.14. The fraction of sp³-hybridized carbons (Fsp3) is 0.227. The molecule has 2 heterocycles. The number of piperidine rings is 1. The number of ketones is 1. The first-order chi connectivity index (χ1) is 12.7. The lowest BCUT2D eigenvalue weighted by molar-refractivity contribution is 0.0632. The Hall–Kier alpha value is -3.01. The van der Waals surface area contributed by atoms with Crippen molar-refractivity contribution in [3.05, 3.63) is 78.1 Å². The van der Waals surface area contributed by atoms with Crippen molar-refractivity contribution in [2.75, 3.05) is 13.1 Å². The highest BCUT2D eigenvalue weighted by molar-refractivity contribution is 6.02. The molecule has 1 aromatic heterocycles. The van der Waals surface area contributed by atoms with Crippen molar-refractivity contribution in [2.24, 2.45) is 5.92 Å². The third-order valence-corrected chi connectivity index (χ3v) is 5.00. The van der Waals surface area contributed by atoms with Crippen LogP contribution in [0.3, 0.4) is 0 Å². The van der Waals surface area contributed by atoms with Crippen LogP contribution in [0, 0.1) is 5.92 Å². The molecule has 1 atom stereocenters. The van der Waals surface area contributed by atoms with Gasteiger partial charge in [0, 0.05) is 30.8 Å². The van der Waals surface area contributed by atoms with E-state index in [-0.39, 0.29) is 17.6 Å². The van der Waals surface area contributed by atoms with E-state index in [1.807, 2.05) is 48.5 Å². The second-order valence-corrected chi connectivity index (χ2v) is 6.73. The lowest BCUT2D eigenvalue weighted by Gasteiger charge is -2.31. The maximum Gasteiger partial charge on any atom is 0.272 e. The van der Waals surface area contributed by atoms with Crippen LogP contribution in [0.2, 0.25) is 0 Å². The lowest BCUT2D eigenvalue weighted by atomic mass is 9.89. The summed E-state index contributed by atoms with van der Waals surface area (Å²) in [6.07, 6.45) is 3.27. The summed E-state index contributed by atoms with van der Waals surface area (Å²) in [5.74, 6) is -0.131. The number of rotatable bonds is 3. The number of nitrogens with zero attached hydrogens (tertiary/aromatic N) is 2. The van der Waals surface area contributed by atoms with Crippen LogP contribution in [0.15, 0.2) is 66.9 Å². The van der Waals surface area contributed by atoms with Crippen molar-refractivity contribution in [1.29, 1.82) is 0 Å². The predicted molar refractivity (Wildman–Crippen MR) is 101 cm³/mol. The summed E-state index contributed by atoms with van der Waals surface area (Å²) >= 11 is 0. The molecule has 0 aliphatic carbocycles. The summed E-state index contributed by atoms with van der Waals surface area (Å²) < 4.78 is 0. The Kier molecular flexibility index (Phi) is 4.48. The van der Waals surface area contributed by atoms with Crippen LogP contribution in [0.25, 0.3) is 10.8 Å². The normalized spacial score (nSPS) is 17.2. The number of amides is 1. The fourth-order valence-corrected chi connectivity index (χ4v) is 3.61. The Morgan fingerprint density at radius 2 is 1.77 bits per heavy atom. The number of pyridine rings is 1. The highest BCUT2D eigenvalue weighted by atomic mass is 16.2. The van der Waals surface area contributed by atoms with Crippen LogP contribution < -0.4 is 0 Å². The third-order valence-electron chi connectivity index (χ3n) is 5.00. The zero-order valence-corrected chi connectivity index (χ0v) is 14.5. The summed E-state index contributed by atoms with van der Waals surface area (Å²) in [5, 5.41) is 2.19. The first-order valence-corrected chi connectivity index (χ1v) is 8.96. The molecule has 130 valence electrons. The number of carbonyl (C=O) groups excluding carboxylic acids is 2. The van der Waals surface area contributed by atoms with E-state index in [1.54, 1.807) is 23.2 Å². The molecule has 1 aliphatic heterocycles. The topological polar surface area (TPSA) is 50.3 Å². The van der Waals surface area contributed by atoms with E-state index in [1.165, 1.54) is 0 Å². The molecule has 1 amide bonds. The van der Waals surface area contributed by atoms with Crippen LogP contribution in [-0.4, -0.2) is 34.7 Å². The van der Waals surface area contributed by atoms with Crippen molar-refractivity contribution in [3.8, 4) is 0 Å². The highest BCUT2D eigenvalue weighted by Crippen LogP contribution is 2.24. The zero-order valence-electron chi connectivity index (χ0n) is 14.5. The van der Waals surface area contributed by atoms with Gasteiger partial charge in [0.2, 0.25) is 0 Å². The van der Waals surface area contributed by atoms with Crippen molar-refractivity contribution in [2.45, 2.75) is 12.8 Å². The second kappa shape index (κ2) is 7.08. The van der Waals surface area contributed by atoms with E-state index in [2.05, 4.69) is 4.98 Å². The highest BCUT2D eigenvalue weighted by Gasteiger charge is 2.29. The molecule has 0 unspecified atom stereocenters. The van der Waals surface area contributed by atoms with Gasteiger partial charge in [0.05, 0.1) is 0 Å². The Bertz CT molecular complexity index is 953. The van der Waals surface area contributed by atoms with Crippen molar-refractivity contribution >= 4 is 22.5 Å². The molecule has 0 spiro atoms. The molecule has 1 saturated heterocycles. The Morgan fingerprint density at radius 3 is 2.58 bits per heavy atom. The second-order valence-electron chi connectivity index (χ2n) is 6.73. The van der Waals surface area contributed by atoms with Crippen LogP contribution in [0.5, 0.6) is 0 Å². The lowest BCUT2D eigenvalue weighted by Crippen LogP contribution is -2.42. The van der Waals surface area contributed by atoms with Crippen molar-refractivity contribution < 1.29 is 9.59 Å². The molecule has 1 fully saturated rings. The zero-order chi connectivity index (χ0) is 17.9. The van der Waals surface area contributed by atoms with E-state index < -0.39 is 0 Å². The van der Waals surface area contributed by atoms with Crippen LogP contribution in [0.4, 0.5) is 0 Å². The van der Waals surface area contributed by atoms with Gasteiger partial charge < -0.3 is 4.90 Å². The standard InChI is InChI=1S/C22H20N2O2/c25-21(18-11-10-16-6-1-2-7-17(16)14-18)19-8-5-13-24(15-19)22(26)20-9-3-4-12-23-20/h1-4,6-7,9-12,14,19H,5,8,13,15H2/t19-/m0/s1. The van der Waals surface area contributed by atoms with Gasteiger partial charge in [0.15, 0.2) is 5.78 Å². The van der Waals surface area contributed by atoms with Gasteiger partial charge in [0.25, 0.3) is 5.91 Å². The van der Waals surface area contributed by atoms with Gasteiger partial charge >= 0.3 is 0 Å². The number of benzene rings is 2. The first kappa shape index (κ1) is 16.5. The SMILES string of the molecule is O=C(c1ccc2ccccc2c1)[C@H]1CCCN(C(=O)c2ccccn2)C1. The number of hydrogen-bond acceptors (Lipinski definition) is 3. The Morgan fingerprint density at radius 1 is 0.962 bits per heavy atom. The molecule has 2 aromatic carbocycles. The molecule has 4 heteroatoms. The fourth-order valence-electron chi connectivity index (χ4n) is 3.61. The molecule has 1 aliphatic rings. The van der Waals surface area contributed by atoms with E-state index >= 15 is 0 Å². The number of fused-ring (bicyclic) bond motifs is 1. The van der Waals surface area contributed by atoms with Gasteiger partial charge in [-0.05, 0) is 41.8 Å². The molecule has 0 bridgehead atoms. The molecule has 0 radical (unpaired) electrons. The van der Waals surface area contributed by atoms with Gasteiger partial charge in [-0.3, -0.25) is 14.6 Å². The maximum absolute atomic E-state index is 13.0. The molecule has 0 saturated carbocycles. The smallest absolute Gasteiger partial charge is 0.272 e. The van der Waals surface area contributed by atoms with Gasteiger partial charge in [-0.1, -0.05) is 42.5 Å². The average Bonchev–Trinajstić information content (AvgIpc) is 2.73. The van der Waals surface area contributed by atoms with Crippen LogP contribution in [0.1, 0.15) is 33.7 Å². The summed E-state index contributed by atoms with van der Waals surface area (Å²) in [4.78, 5) is 31.5. The van der Waals surface area contributed by atoms with E-state index in [4.69, 9.17) is 0 Å². The molecular formula is C22H20N2O2. The predicted octanol–water partition coefficient (Wildman–Crippen LogP) is 3.97. The number of carbonyl (C=O) groups is 2. The quantitative estimate of drug-likeness (QED) is 0.676. The van der Waals surface area contributed by atoms with Crippen molar-refractivity contribution in [3.63, 3.8) is 0 Å². The average molecular weight is 344 g/mol.